The van der Waals surface area contributed by atoms with Gasteiger partial charge in [0.2, 0.25) is 0 Å². The molecule has 1 aromatic heterocycles. The van der Waals surface area contributed by atoms with Crippen LogP contribution in [0.25, 0.3) is 10.2 Å². The minimum absolute atomic E-state index is 0.185. The lowest BCUT2D eigenvalue weighted by atomic mass is 10.1. The van der Waals surface area contributed by atoms with Crippen molar-refractivity contribution in [3.63, 3.8) is 0 Å². The minimum atomic E-state index is -0.815. The van der Waals surface area contributed by atoms with Crippen molar-refractivity contribution in [2.75, 3.05) is 26.3 Å². The third-order valence-electron chi connectivity index (χ3n) is 4.78. The number of fused-ring (bicyclic) bond motifs is 1. The number of rotatable bonds is 6. The van der Waals surface area contributed by atoms with E-state index in [9.17, 15) is 9.59 Å². The molecule has 1 amide bonds. The van der Waals surface area contributed by atoms with Crippen molar-refractivity contribution in [3.8, 4) is 0 Å². The predicted molar refractivity (Wildman–Crippen MR) is 118 cm³/mol. The first-order valence-electron chi connectivity index (χ1n) is 9.75. The lowest BCUT2D eigenvalue weighted by molar-refractivity contribution is -0.143. The van der Waals surface area contributed by atoms with E-state index in [4.69, 9.17) is 9.47 Å². The van der Waals surface area contributed by atoms with Gasteiger partial charge >= 0.3 is 5.97 Å². The number of aromatic nitrogens is 1. The molecule has 1 aliphatic heterocycles. The Labute approximate surface area is 183 Å². The molecule has 1 atom stereocenters. The number of para-hydroxylation sites is 1. The Morgan fingerprint density at radius 1 is 1.17 bits per heavy atom. The fourth-order valence-corrected chi connectivity index (χ4v) is 5.14. The molecule has 0 radical (unpaired) electrons. The molecule has 8 heteroatoms. The molecule has 1 saturated heterocycles. The summed E-state index contributed by atoms with van der Waals surface area (Å²) in [6, 6.07) is 15.4. The summed E-state index contributed by atoms with van der Waals surface area (Å²) in [6.07, 6.45) is -0.815. The Balaban J connectivity index is 1.31. The quantitative estimate of drug-likeness (QED) is 0.425. The van der Waals surface area contributed by atoms with Gasteiger partial charge in [-0.05, 0) is 36.8 Å². The van der Waals surface area contributed by atoms with Crippen LogP contribution in [-0.2, 0) is 20.0 Å². The van der Waals surface area contributed by atoms with Crippen LogP contribution in [0, 0.1) is 0 Å². The van der Waals surface area contributed by atoms with Crippen LogP contribution >= 0.6 is 23.1 Å². The van der Waals surface area contributed by atoms with Crippen molar-refractivity contribution < 1.29 is 19.1 Å². The molecule has 1 fully saturated rings. The van der Waals surface area contributed by atoms with Crippen LogP contribution in [0.1, 0.15) is 22.8 Å². The van der Waals surface area contributed by atoms with E-state index in [1.807, 2.05) is 30.3 Å². The maximum atomic E-state index is 12.4. The summed E-state index contributed by atoms with van der Waals surface area (Å²) in [6.45, 7) is 3.70. The van der Waals surface area contributed by atoms with Crippen LogP contribution in [-0.4, -0.2) is 54.2 Å². The summed E-state index contributed by atoms with van der Waals surface area (Å²) in [4.78, 5) is 31.1. The Bertz CT molecular complexity index is 996. The van der Waals surface area contributed by atoms with E-state index in [1.165, 1.54) is 4.70 Å². The summed E-state index contributed by atoms with van der Waals surface area (Å²) in [7, 11) is 0. The first kappa shape index (κ1) is 20.8. The van der Waals surface area contributed by atoms with Crippen molar-refractivity contribution in [2.24, 2.45) is 0 Å². The van der Waals surface area contributed by atoms with Crippen molar-refractivity contribution in [3.05, 3.63) is 59.7 Å². The number of benzene rings is 2. The fraction of sp³-hybridized carbons (Fsp3) is 0.318. The standard InChI is InChI=1S/C22H22N2O4S2/c1-15(20(25)24-10-12-27-13-11-24)28-21(26)17-8-6-16(7-9-17)14-29-22-23-18-4-2-3-5-19(18)30-22/h2-9,15H,10-14H2,1H3. The van der Waals surface area contributed by atoms with E-state index in [1.54, 1.807) is 47.1 Å². The number of ether oxygens (including phenoxy) is 2. The van der Waals surface area contributed by atoms with Crippen molar-refractivity contribution in [1.82, 2.24) is 9.88 Å². The lowest BCUT2D eigenvalue weighted by Gasteiger charge is -2.28. The van der Waals surface area contributed by atoms with Crippen LogP contribution in [0.2, 0.25) is 0 Å². The number of hydrogen-bond donors (Lipinski definition) is 0. The molecular weight excluding hydrogens is 420 g/mol. The van der Waals surface area contributed by atoms with Gasteiger partial charge in [0.15, 0.2) is 10.4 Å². The number of hydrogen-bond acceptors (Lipinski definition) is 7. The topological polar surface area (TPSA) is 68.7 Å². The number of carbonyl (C=O) groups is 2. The first-order valence-corrected chi connectivity index (χ1v) is 11.6. The number of morpholine rings is 1. The summed E-state index contributed by atoms with van der Waals surface area (Å²) in [5.41, 5.74) is 2.54. The molecule has 2 heterocycles. The highest BCUT2D eigenvalue weighted by Crippen LogP contribution is 2.31. The molecule has 30 heavy (non-hydrogen) atoms. The van der Waals surface area contributed by atoms with E-state index in [0.29, 0.717) is 31.9 Å². The highest BCUT2D eigenvalue weighted by atomic mass is 32.2. The molecule has 0 N–H and O–H groups in total. The highest BCUT2D eigenvalue weighted by molar-refractivity contribution is 8.00. The van der Waals surface area contributed by atoms with Crippen LogP contribution in [0.3, 0.4) is 0 Å². The Hall–Kier alpha value is -2.42. The van der Waals surface area contributed by atoms with Gasteiger partial charge in [0.05, 0.1) is 29.0 Å². The third-order valence-corrected chi connectivity index (χ3v) is 7.03. The lowest BCUT2D eigenvalue weighted by Crippen LogP contribution is -2.46. The van der Waals surface area contributed by atoms with E-state index in [0.717, 1.165) is 21.2 Å². The molecule has 156 valence electrons. The number of thiazole rings is 1. The Morgan fingerprint density at radius 2 is 1.90 bits per heavy atom. The van der Waals surface area contributed by atoms with E-state index >= 15 is 0 Å². The van der Waals surface area contributed by atoms with Gasteiger partial charge in [-0.25, -0.2) is 9.78 Å². The first-order chi connectivity index (χ1) is 14.6. The van der Waals surface area contributed by atoms with Crippen LogP contribution in [0.4, 0.5) is 0 Å². The van der Waals surface area contributed by atoms with Crippen molar-refractivity contribution in [2.45, 2.75) is 23.1 Å². The Kier molecular flexibility index (Phi) is 6.66. The average molecular weight is 443 g/mol. The van der Waals surface area contributed by atoms with Crippen LogP contribution < -0.4 is 0 Å². The van der Waals surface area contributed by atoms with E-state index < -0.39 is 12.1 Å². The number of nitrogens with zero attached hydrogens (tertiary/aromatic N) is 2. The maximum absolute atomic E-state index is 12.4. The van der Waals surface area contributed by atoms with Gasteiger partial charge < -0.3 is 14.4 Å². The second-order valence-electron chi connectivity index (χ2n) is 6.92. The second kappa shape index (κ2) is 9.59. The number of esters is 1. The summed E-state index contributed by atoms with van der Waals surface area (Å²) in [5.74, 6) is 0.0890. The van der Waals surface area contributed by atoms with E-state index in [2.05, 4.69) is 11.1 Å². The van der Waals surface area contributed by atoms with Crippen molar-refractivity contribution >= 4 is 45.2 Å². The predicted octanol–water partition coefficient (Wildman–Crippen LogP) is 3.99. The summed E-state index contributed by atoms with van der Waals surface area (Å²) >= 11 is 3.35. The van der Waals surface area contributed by atoms with Crippen LogP contribution in [0.5, 0.6) is 0 Å². The molecule has 2 aromatic carbocycles. The molecule has 4 rings (SSSR count). The zero-order valence-corrected chi connectivity index (χ0v) is 18.2. The third kappa shape index (κ3) is 5.00. The largest absolute Gasteiger partial charge is 0.449 e. The SMILES string of the molecule is CC(OC(=O)c1ccc(CSc2nc3ccccc3s2)cc1)C(=O)N1CCOCC1. The van der Waals surface area contributed by atoms with Gasteiger partial charge in [-0.2, -0.15) is 0 Å². The normalized spacial score (nSPS) is 15.2. The zero-order valence-electron chi connectivity index (χ0n) is 16.6. The minimum Gasteiger partial charge on any atom is -0.449 e. The molecule has 1 unspecified atom stereocenters. The van der Waals surface area contributed by atoms with Crippen LogP contribution in [0.15, 0.2) is 52.9 Å². The fourth-order valence-electron chi connectivity index (χ4n) is 3.11. The van der Waals surface area contributed by atoms with Gasteiger partial charge in [0, 0.05) is 18.8 Å². The number of carbonyl (C=O) groups excluding carboxylic acids is 2. The van der Waals surface area contributed by atoms with Gasteiger partial charge in [-0.3, -0.25) is 4.79 Å². The number of amides is 1. The van der Waals surface area contributed by atoms with Gasteiger partial charge in [-0.15, -0.1) is 11.3 Å². The molecule has 0 saturated carbocycles. The van der Waals surface area contributed by atoms with E-state index in [-0.39, 0.29) is 5.91 Å². The molecule has 6 nitrogen and oxygen atoms in total. The van der Waals surface area contributed by atoms with Gasteiger partial charge in [0.1, 0.15) is 0 Å². The molecule has 0 spiro atoms. The molecule has 0 bridgehead atoms. The zero-order chi connectivity index (χ0) is 20.9. The Morgan fingerprint density at radius 3 is 2.63 bits per heavy atom. The summed E-state index contributed by atoms with van der Waals surface area (Å²) < 4.78 is 12.8. The molecule has 0 aliphatic carbocycles. The maximum Gasteiger partial charge on any atom is 0.338 e. The second-order valence-corrected chi connectivity index (χ2v) is 9.17. The molecule has 3 aromatic rings. The summed E-state index contributed by atoms with van der Waals surface area (Å²) in [5, 5.41) is 0. The average Bonchev–Trinajstić information content (AvgIpc) is 3.21. The van der Waals surface area contributed by atoms with Gasteiger partial charge in [0.25, 0.3) is 5.91 Å². The van der Waals surface area contributed by atoms with Crippen molar-refractivity contribution in [1.29, 1.82) is 0 Å². The van der Waals surface area contributed by atoms with Gasteiger partial charge in [-0.1, -0.05) is 36.0 Å². The number of thioether (sulfide) groups is 1. The molecule has 1 aliphatic rings. The highest BCUT2D eigenvalue weighted by Gasteiger charge is 2.25. The smallest absolute Gasteiger partial charge is 0.338 e. The molecular formula is C22H22N2O4S2. The monoisotopic (exact) mass is 442 g/mol.